The van der Waals surface area contributed by atoms with E-state index in [0.717, 1.165) is 33.6 Å². The summed E-state index contributed by atoms with van der Waals surface area (Å²) in [7, 11) is 0. The quantitative estimate of drug-likeness (QED) is 0.770. The van der Waals surface area contributed by atoms with Crippen molar-refractivity contribution in [2.45, 2.75) is 33.9 Å². The lowest BCUT2D eigenvalue weighted by Crippen LogP contribution is -2.23. The maximum atomic E-state index is 12.3. The van der Waals surface area contributed by atoms with Gasteiger partial charge in [0.15, 0.2) is 0 Å². The van der Waals surface area contributed by atoms with Crippen LogP contribution in [-0.2, 0) is 13.1 Å². The average Bonchev–Trinajstić information content (AvgIpc) is 3.09. The second-order valence-electron chi connectivity index (χ2n) is 6.16. The molecule has 2 heterocycles. The van der Waals surface area contributed by atoms with Crippen LogP contribution in [0.4, 0.5) is 0 Å². The summed E-state index contributed by atoms with van der Waals surface area (Å²) < 4.78 is 2.04. The van der Waals surface area contributed by atoms with Gasteiger partial charge in [0.05, 0.1) is 22.6 Å². The van der Waals surface area contributed by atoms with Gasteiger partial charge in [-0.1, -0.05) is 32.0 Å². The van der Waals surface area contributed by atoms with Gasteiger partial charge in [0.25, 0.3) is 5.91 Å². The van der Waals surface area contributed by atoms with Gasteiger partial charge in [-0.3, -0.25) is 9.48 Å². The number of carbonyl (C=O) groups excluding carboxylic acids is 1. The molecule has 1 amide bonds. The van der Waals surface area contributed by atoms with Crippen LogP contribution in [0.5, 0.6) is 0 Å². The third-order valence-electron chi connectivity index (χ3n) is 3.76. The summed E-state index contributed by atoms with van der Waals surface area (Å²) >= 11 is 1.47. The van der Waals surface area contributed by atoms with Gasteiger partial charge in [-0.05, 0) is 35.9 Å². The van der Waals surface area contributed by atoms with E-state index in [1.165, 1.54) is 11.3 Å². The number of aromatic nitrogens is 2. The lowest BCUT2D eigenvalue weighted by atomic mass is 10.2. The molecule has 1 N–H and O–H groups in total. The van der Waals surface area contributed by atoms with Crippen LogP contribution in [-0.4, -0.2) is 15.7 Å². The zero-order chi connectivity index (χ0) is 16.4. The van der Waals surface area contributed by atoms with E-state index in [1.807, 2.05) is 35.2 Å². The molecule has 1 aromatic carbocycles. The number of aryl methyl sites for hydroxylation is 1. The van der Waals surface area contributed by atoms with E-state index in [1.54, 1.807) is 0 Å². The lowest BCUT2D eigenvalue weighted by molar-refractivity contribution is 0.0954. The molecule has 0 saturated carbocycles. The SMILES string of the molecule is Cc1ccsc1C(=O)NCc1nn(CC(C)C)c2ccccc12. The molecule has 0 radical (unpaired) electrons. The van der Waals surface area contributed by atoms with Crippen LogP contribution in [0.25, 0.3) is 10.9 Å². The summed E-state index contributed by atoms with van der Waals surface area (Å²) in [5, 5.41) is 10.8. The summed E-state index contributed by atoms with van der Waals surface area (Å²) in [4.78, 5) is 13.1. The minimum Gasteiger partial charge on any atom is -0.346 e. The molecule has 120 valence electrons. The number of hydrogen-bond donors (Lipinski definition) is 1. The number of para-hydroxylation sites is 1. The Hall–Kier alpha value is -2.14. The summed E-state index contributed by atoms with van der Waals surface area (Å²) in [6, 6.07) is 10.2. The highest BCUT2D eigenvalue weighted by molar-refractivity contribution is 7.12. The fourth-order valence-electron chi connectivity index (χ4n) is 2.66. The Labute approximate surface area is 140 Å². The molecule has 0 aliphatic heterocycles. The van der Waals surface area contributed by atoms with E-state index in [9.17, 15) is 4.79 Å². The Morgan fingerprint density at radius 1 is 1.30 bits per heavy atom. The molecule has 0 aliphatic carbocycles. The number of nitrogens with zero attached hydrogens (tertiary/aromatic N) is 2. The molecule has 23 heavy (non-hydrogen) atoms. The van der Waals surface area contributed by atoms with Gasteiger partial charge >= 0.3 is 0 Å². The molecule has 0 atom stereocenters. The Morgan fingerprint density at radius 2 is 2.09 bits per heavy atom. The van der Waals surface area contributed by atoms with E-state index < -0.39 is 0 Å². The number of fused-ring (bicyclic) bond motifs is 1. The average molecular weight is 327 g/mol. The van der Waals surface area contributed by atoms with E-state index in [-0.39, 0.29) is 5.91 Å². The van der Waals surface area contributed by atoms with Crippen molar-refractivity contribution in [3.05, 3.63) is 51.8 Å². The predicted octanol–water partition coefficient (Wildman–Crippen LogP) is 3.99. The Balaban J connectivity index is 1.83. The van der Waals surface area contributed by atoms with Crippen molar-refractivity contribution < 1.29 is 4.79 Å². The van der Waals surface area contributed by atoms with Gasteiger partial charge in [-0.25, -0.2) is 0 Å². The first-order valence-electron chi connectivity index (χ1n) is 7.83. The molecule has 0 saturated heterocycles. The molecule has 0 bridgehead atoms. The number of thiophene rings is 1. The van der Waals surface area contributed by atoms with Crippen molar-refractivity contribution in [3.8, 4) is 0 Å². The third kappa shape index (κ3) is 3.29. The number of amides is 1. The first-order valence-corrected chi connectivity index (χ1v) is 8.71. The molecule has 2 aromatic heterocycles. The van der Waals surface area contributed by atoms with Crippen molar-refractivity contribution in [2.75, 3.05) is 0 Å². The fourth-order valence-corrected chi connectivity index (χ4v) is 3.50. The highest BCUT2D eigenvalue weighted by atomic mass is 32.1. The van der Waals surface area contributed by atoms with Crippen molar-refractivity contribution in [1.29, 1.82) is 0 Å². The Bertz CT molecular complexity index is 832. The first kappa shape index (κ1) is 15.7. The monoisotopic (exact) mass is 327 g/mol. The number of carbonyl (C=O) groups is 1. The summed E-state index contributed by atoms with van der Waals surface area (Å²) in [6.45, 7) is 7.63. The number of benzene rings is 1. The Kier molecular flexibility index (Phi) is 4.48. The van der Waals surface area contributed by atoms with E-state index in [4.69, 9.17) is 5.10 Å². The first-order chi connectivity index (χ1) is 11.1. The summed E-state index contributed by atoms with van der Waals surface area (Å²) in [5.74, 6) is 0.495. The normalized spacial score (nSPS) is 11.3. The third-order valence-corrected chi connectivity index (χ3v) is 4.77. The second-order valence-corrected chi connectivity index (χ2v) is 7.07. The van der Waals surface area contributed by atoms with Crippen LogP contribution < -0.4 is 5.32 Å². The second kappa shape index (κ2) is 6.54. The maximum absolute atomic E-state index is 12.3. The van der Waals surface area contributed by atoms with Gasteiger partial charge in [0, 0.05) is 11.9 Å². The van der Waals surface area contributed by atoms with Crippen LogP contribution in [0.3, 0.4) is 0 Å². The smallest absolute Gasteiger partial charge is 0.261 e. The highest BCUT2D eigenvalue weighted by Crippen LogP contribution is 2.20. The zero-order valence-corrected chi connectivity index (χ0v) is 14.5. The van der Waals surface area contributed by atoms with E-state index >= 15 is 0 Å². The van der Waals surface area contributed by atoms with Gasteiger partial charge in [0.1, 0.15) is 0 Å². The molecule has 0 aliphatic rings. The zero-order valence-electron chi connectivity index (χ0n) is 13.7. The van der Waals surface area contributed by atoms with Crippen molar-refractivity contribution in [3.63, 3.8) is 0 Å². The van der Waals surface area contributed by atoms with Gasteiger partial charge in [0.2, 0.25) is 0 Å². The fraction of sp³-hybridized carbons (Fsp3) is 0.333. The van der Waals surface area contributed by atoms with E-state index in [2.05, 4.69) is 31.3 Å². The molecule has 5 heteroatoms. The lowest BCUT2D eigenvalue weighted by Gasteiger charge is -2.06. The standard InChI is InChI=1S/C18H21N3OS/c1-12(2)11-21-16-7-5-4-6-14(16)15(20-21)10-19-18(22)17-13(3)8-9-23-17/h4-9,12H,10-11H2,1-3H3,(H,19,22). The molecule has 4 nitrogen and oxygen atoms in total. The van der Waals surface area contributed by atoms with Crippen LogP contribution in [0.1, 0.15) is 34.8 Å². The van der Waals surface area contributed by atoms with Gasteiger partial charge in [-0.2, -0.15) is 5.10 Å². The summed E-state index contributed by atoms with van der Waals surface area (Å²) in [5.41, 5.74) is 3.06. The topological polar surface area (TPSA) is 46.9 Å². The van der Waals surface area contributed by atoms with Crippen LogP contribution in [0.15, 0.2) is 35.7 Å². The Morgan fingerprint density at radius 3 is 2.78 bits per heavy atom. The minimum atomic E-state index is -0.0278. The number of nitrogens with one attached hydrogen (secondary N) is 1. The van der Waals surface area contributed by atoms with Crippen LogP contribution in [0, 0.1) is 12.8 Å². The van der Waals surface area contributed by atoms with Crippen molar-refractivity contribution >= 4 is 28.1 Å². The number of hydrogen-bond acceptors (Lipinski definition) is 3. The molecule has 0 spiro atoms. The van der Waals surface area contributed by atoms with E-state index in [0.29, 0.717) is 12.5 Å². The molecular weight excluding hydrogens is 306 g/mol. The molecule has 3 rings (SSSR count). The highest BCUT2D eigenvalue weighted by Gasteiger charge is 2.14. The van der Waals surface area contributed by atoms with Crippen LogP contribution >= 0.6 is 11.3 Å². The van der Waals surface area contributed by atoms with Crippen molar-refractivity contribution in [1.82, 2.24) is 15.1 Å². The molecule has 0 fully saturated rings. The maximum Gasteiger partial charge on any atom is 0.261 e. The van der Waals surface area contributed by atoms with Crippen LogP contribution in [0.2, 0.25) is 0 Å². The summed E-state index contributed by atoms with van der Waals surface area (Å²) in [6.07, 6.45) is 0. The van der Waals surface area contributed by atoms with Crippen molar-refractivity contribution in [2.24, 2.45) is 5.92 Å². The van der Waals surface area contributed by atoms with Gasteiger partial charge < -0.3 is 5.32 Å². The number of rotatable bonds is 5. The largest absolute Gasteiger partial charge is 0.346 e. The minimum absolute atomic E-state index is 0.0278. The molecular formula is C18H21N3OS. The predicted molar refractivity (Wildman–Crippen MR) is 94.8 cm³/mol. The molecule has 0 unspecified atom stereocenters. The van der Waals surface area contributed by atoms with Gasteiger partial charge in [-0.15, -0.1) is 11.3 Å². The molecule has 3 aromatic rings.